The minimum Gasteiger partial charge on any atom is -0.467 e. The predicted octanol–water partition coefficient (Wildman–Crippen LogP) is 2.66. The Morgan fingerprint density at radius 1 is 1.14 bits per heavy atom. The molecule has 1 aromatic carbocycles. The number of guanidine groups is 1. The zero-order valence-electron chi connectivity index (χ0n) is 15.9. The molecule has 2 N–H and O–H groups in total. The fourth-order valence-electron chi connectivity index (χ4n) is 3.14. The molecule has 1 aliphatic rings. The van der Waals surface area contributed by atoms with Gasteiger partial charge < -0.3 is 15.1 Å². The lowest BCUT2D eigenvalue weighted by atomic mass is 9.98. The molecule has 0 saturated carbocycles. The Labute approximate surface area is 183 Å². The molecule has 0 spiro atoms. The number of nitrogens with zero attached hydrogens (tertiary/aromatic N) is 2. The summed E-state index contributed by atoms with van der Waals surface area (Å²) < 4.78 is 32.2. The van der Waals surface area contributed by atoms with Crippen molar-refractivity contribution >= 4 is 40.0 Å². The van der Waals surface area contributed by atoms with Gasteiger partial charge in [0.1, 0.15) is 5.76 Å². The lowest BCUT2D eigenvalue weighted by Crippen LogP contribution is -2.44. The molecule has 3 rings (SSSR count). The van der Waals surface area contributed by atoms with Gasteiger partial charge in [0, 0.05) is 26.7 Å². The van der Waals surface area contributed by atoms with E-state index in [1.807, 2.05) is 18.2 Å². The molecule has 0 atom stereocenters. The van der Waals surface area contributed by atoms with Crippen LogP contribution in [-0.2, 0) is 16.6 Å². The van der Waals surface area contributed by atoms with Gasteiger partial charge >= 0.3 is 0 Å². The van der Waals surface area contributed by atoms with E-state index in [1.54, 1.807) is 41.9 Å². The summed E-state index contributed by atoms with van der Waals surface area (Å²) in [6.07, 6.45) is 3.30. The molecule has 0 aliphatic carbocycles. The number of aliphatic imine (C=N–C) groups is 1. The van der Waals surface area contributed by atoms with Crippen LogP contribution in [0.5, 0.6) is 0 Å². The highest BCUT2D eigenvalue weighted by Gasteiger charge is 2.29. The number of hydrogen-bond donors (Lipinski definition) is 2. The zero-order valence-corrected chi connectivity index (χ0v) is 19.0. The smallest absolute Gasteiger partial charge is 0.243 e. The molecule has 9 heteroatoms. The van der Waals surface area contributed by atoms with Crippen LogP contribution >= 0.6 is 24.0 Å². The molecular weight excluding hydrogens is 491 g/mol. The summed E-state index contributed by atoms with van der Waals surface area (Å²) in [5.74, 6) is 1.97. The number of benzene rings is 1. The average molecular weight is 518 g/mol. The number of halogens is 1. The number of furan rings is 1. The molecule has 1 aliphatic heterocycles. The first-order valence-corrected chi connectivity index (χ1v) is 10.6. The molecule has 2 heterocycles. The molecule has 2 aromatic rings. The quantitative estimate of drug-likeness (QED) is 0.349. The Balaban J connectivity index is 0.00000280. The van der Waals surface area contributed by atoms with Crippen LogP contribution in [0.1, 0.15) is 18.6 Å². The molecule has 1 aromatic heterocycles. The van der Waals surface area contributed by atoms with Crippen LogP contribution in [0.3, 0.4) is 0 Å². The van der Waals surface area contributed by atoms with E-state index in [1.165, 1.54) is 0 Å². The third-order valence-corrected chi connectivity index (χ3v) is 6.66. The lowest BCUT2D eigenvalue weighted by Gasteiger charge is -2.31. The fraction of sp³-hybridized carbons (Fsp3) is 0.421. The van der Waals surface area contributed by atoms with Crippen molar-refractivity contribution in [2.24, 2.45) is 10.9 Å². The molecule has 0 radical (unpaired) electrons. The van der Waals surface area contributed by atoms with Crippen LogP contribution in [-0.4, -0.2) is 45.4 Å². The first-order valence-electron chi connectivity index (χ1n) is 9.11. The Morgan fingerprint density at radius 3 is 2.46 bits per heavy atom. The van der Waals surface area contributed by atoms with Gasteiger partial charge in [0.25, 0.3) is 0 Å². The van der Waals surface area contributed by atoms with Crippen molar-refractivity contribution in [2.75, 3.05) is 26.7 Å². The summed E-state index contributed by atoms with van der Waals surface area (Å²) in [4.78, 5) is 4.58. The van der Waals surface area contributed by atoms with Crippen LogP contribution < -0.4 is 10.6 Å². The zero-order chi connectivity index (χ0) is 19.1. The summed E-state index contributed by atoms with van der Waals surface area (Å²) in [6, 6.07) is 12.4. The molecule has 7 nitrogen and oxygen atoms in total. The molecular formula is C19H27IN4O3S. The second-order valence-electron chi connectivity index (χ2n) is 6.55. The van der Waals surface area contributed by atoms with E-state index in [4.69, 9.17) is 4.42 Å². The number of hydrogen-bond acceptors (Lipinski definition) is 4. The topological polar surface area (TPSA) is 86.9 Å². The molecule has 0 unspecified atom stereocenters. The third-order valence-electron chi connectivity index (χ3n) is 4.75. The van der Waals surface area contributed by atoms with E-state index in [-0.39, 0.29) is 24.0 Å². The second-order valence-corrected chi connectivity index (χ2v) is 8.48. The molecule has 1 saturated heterocycles. The van der Waals surface area contributed by atoms with Crippen LogP contribution in [0, 0.1) is 5.92 Å². The highest BCUT2D eigenvalue weighted by molar-refractivity contribution is 14.0. The standard InChI is InChI=1S/C19H26N4O3S.HI/c1-20-19(22-15-17-6-5-13-26-17)21-14-16-9-11-23(12-10-16)27(24,25)18-7-3-2-4-8-18;/h2-8,13,16H,9-12,14-15H2,1H3,(H2,20,21,22);1H. The van der Waals surface area contributed by atoms with Crippen LogP contribution in [0.15, 0.2) is 63.0 Å². The number of sulfonamides is 1. The first kappa shape index (κ1) is 22.7. The summed E-state index contributed by atoms with van der Waals surface area (Å²) in [6.45, 7) is 2.42. The van der Waals surface area contributed by atoms with Gasteiger partial charge in [-0.25, -0.2) is 8.42 Å². The van der Waals surface area contributed by atoms with Gasteiger partial charge in [0.15, 0.2) is 5.96 Å². The van der Waals surface area contributed by atoms with Gasteiger partial charge in [-0.15, -0.1) is 24.0 Å². The Kier molecular flexibility index (Phi) is 8.77. The highest BCUT2D eigenvalue weighted by atomic mass is 127. The monoisotopic (exact) mass is 518 g/mol. The summed E-state index contributed by atoms with van der Waals surface area (Å²) in [5.41, 5.74) is 0. The Bertz CT molecular complexity index is 833. The van der Waals surface area contributed by atoms with Crippen molar-refractivity contribution in [1.82, 2.24) is 14.9 Å². The molecule has 0 amide bonds. The van der Waals surface area contributed by atoms with Crippen molar-refractivity contribution in [3.63, 3.8) is 0 Å². The largest absolute Gasteiger partial charge is 0.467 e. The van der Waals surface area contributed by atoms with Gasteiger partial charge in [-0.3, -0.25) is 4.99 Å². The number of rotatable bonds is 6. The van der Waals surface area contributed by atoms with Gasteiger partial charge in [-0.1, -0.05) is 18.2 Å². The fourth-order valence-corrected chi connectivity index (χ4v) is 4.63. The van der Waals surface area contributed by atoms with E-state index in [0.717, 1.165) is 25.1 Å². The molecule has 154 valence electrons. The lowest BCUT2D eigenvalue weighted by molar-refractivity contribution is 0.273. The highest BCUT2D eigenvalue weighted by Crippen LogP contribution is 2.23. The Morgan fingerprint density at radius 2 is 1.86 bits per heavy atom. The van der Waals surface area contributed by atoms with E-state index in [0.29, 0.717) is 36.4 Å². The summed E-state index contributed by atoms with van der Waals surface area (Å²) >= 11 is 0. The van der Waals surface area contributed by atoms with Gasteiger partial charge in [0.2, 0.25) is 10.0 Å². The maximum Gasteiger partial charge on any atom is 0.243 e. The SMILES string of the molecule is CN=C(NCc1ccco1)NCC1CCN(S(=O)(=O)c2ccccc2)CC1.I. The van der Waals surface area contributed by atoms with E-state index in [2.05, 4.69) is 15.6 Å². The average Bonchev–Trinajstić information content (AvgIpc) is 3.23. The van der Waals surface area contributed by atoms with Crippen molar-refractivity contribution in [3.8, 4) is 0 Å². The molecule has 0 bridgehead atoms. The maximum absolute atomic E-state index is 12.7. The number of nitrogens with one attached hydrogen (secondary N) is 2. The van der Waals surface area contributed by atoms with Crippen molar-refractivity contribution in [2.45, 2.75) is 24.3 Å². The first-order chi connectivity index (χ1) is 13.1. The van der Waals surface area contributed by atoms with Crippen LogP contribution in [0.25, 0.3) is 0 Å². The predicted molar refractivity (Wildman–Crippen MR) is 120 cm³/mol. The van der Waals surface area contributed by atoms with Crippen molar-refractivity contribution in [1.29, 1.82) is 0 Å². The van der Waals surface area contributed by atoms with E-state index < -0.39 is 10.0 Å². The van der Waals surface area contributed by atoms with Crippen LogP contribution in [0.4, 0.5) is 0 Å². The van der Waals surface area contributed by atoms with Gasteiger partial charge in [-0.05, 0) is 43.0 Å². The second kappa shape index (κ2) is 10.8. The van der Waals surface area contributed by atoms with Gasteiger partial charge in [-0.2, -0.15) is 4.31 Å². The normalized spacial score (nSPS) is 16.4. The van der Waals surface area contributed by atoms with E-state index >= 15 is 0 Å². The summed E-state index contributed by atoms with van der Waals surface area (Å²) in [7, 11) is -1.66. The third kappa shape index (κ3) is 5.95. The van der Waals surface area contributed by atoms with Gasteiger partial charge in [0.05, 0.1) is 17.7 Å². The minimum atomic E-state index is -3.39. The molecule has 28 heavy (non-hydrogen) atoms. The number of piperidine rings is 1. The minimum absolute atomic E-state index is 0. The summed E-state index contributed by atoms with van der Waals surface area (Å²) in [5, 5.41) is 6.52. The maximum atomic E-state index is 12.7. The van der Waals surface area contributed by atoms with Crippen molar-refractivity contribution < 1.29 is 12.8 Å². The molecule has 1 fully saturated rings. The Hall–Kier alpha value is -1.59. The van der Waals surface area contributed by atoms with E-state index in [9.17, 15) is 8.42 Å². The van der Waals surface area contributed by atoms with Crippen molar-refractivity contribution in [3.05, 3.63) is 54.5 Å². The van der Waals surface area contributed by atoms with Crippen LogP contribution in [0.2, 0.25) is 0 Å².